The first-order valence-corrected chi connectivity index (χ1v) is 8.49. The van der Waals surface area contributed by atoms with Crippen molar-refractivity contribution >= 4 is 35.9 Å². The number of nitrogens with one attached hydrogen (secondary N) is 2. The summed E-state index contributed by atoms with van der Waals surface area (Å²) >= 11 is 0. The van der Waals surface area contributed by atoms with Gasteiger partial charge in [0.25, 0.3) is 0 Å². The van der Waals surface area contributed by atoms with E-state index in [0.717, 1.165) is 5.56 Å². The lowest BCUT2D eigenvalue weighted by molar-refractivity contribution is 0.0205. The van der Waals surface area contributed by atoms with Gasteiger partial charge >= 0.3 is 5.97 Å². The second-order valence-electron chi connectivity index (χ2n) is 6.92. The molecule has 0 saturated heterocycles. The number of benzene rings is 1. The lowest BCUT2D eigenvalue weighted by Gasteiger charge is -2.30. The van der Waals surface area contributed by atoms with Crippen molar-refractivity contribution in [1.29, 1.82) is 0 Å². The Hall–Kier alpha value is -1.55. The number of ether oxygens (including phenoxy) is 3. The third-order valence-electron chi connectivity index (χ3n) is 4.06. The summed E-state index contributed by atoms with van der Waals surface area (Å²) in [5.74, 6) is 0.710. The van der Waals surface area contributed by atoms with Crippen LogP contribution in [0.15, 0.2) is 23.2 Å². The summed E-state index contributed by atoms with van der Waals surface area (Å²) in [4.78, 5) is 16.1. The van der Waals surface area contributed by atoms with Gasteiger partial charge in [0.2, 0.25) is 0 Å². The molecule has 0 radical (unpaired) electrons. The lowest BCUT2D eigenvalue weighted by atomic mass is 9.89. The molecule has 0 amide bonds. The highest BCUT2D eigenvalue weighted by Gasteiger charge is 2.24. The van der Waals surface area contributed by atoms with Crippen molar-refractivity contribution in [3.63, 3.8) is 0 Å². The van der Waals surface area contributed by atoms with E-state index in [1.54, 1.807) is 26.3 Å². The third-order valence-corrected chi connectivity index (χ3v) is 4.06. The van der Waals surface area contributed by atoms with E-state index in [4.69, 9.17) is 14.2 Å². The first-order chi connectivity index (χ1) is 12.3. The molecule has 1 atom stereocenters. The van der Waals surface area contributed by atoms with Gasteiger partial charge in [0.05, 0.1) is 20.3 Å². The van der Waals surface area contributed by atoms with E-state index in [2.05, 4.69) is 36.4 Å². The molecule has 2 N–H and O–H groups in total. The summed E-state index contributed by atoms with van der Waals surface area (Å²) in [6, 6.07) is 5.39. The van der Waals surface area contributed by atoms with Gasteiger partial charge in [-0.15, -0.1) is 24.0 Å². The average molecular weight is 493 g/mol. The predicted molar refractivity (Wildman–Crippen MR) is 118 cm³/mol. The van der Waals surface area contributed by atoms with E-state index < -0.39 is 5.97 Å². The molecular weight excluding hydrogens is 461 g/mol. The molecule has 0 heterocycles. The Morgan fingerprint density at radius 3 is 2.33 bits per heavy atom. The molecule has 0 aliphatic rings. The first-order valence-electron chi connectivity index (χ1n) is 8.49. The van der Waals surface area contributed by atoms with Gasteiger partial charge < -0.3 is 24.8 Å². The Kier molecular flexibility index (Phi) is 11.3. The molecule has 154 valence electrons. The van der Waals surface area contributed by atoms with Crippen molar-refractivity contribution in [3.05, 3.63) is 29.3 Å². The number of nitrogens with zero attached hydrogens (tertiary/aromatic N) is 1. The van der Waals surface area contributed by atoms with Crippen LogP contribution >= 0.6 is 24.0 Å². The van der Waals surface area contributed by atoms with E-state index in [1.165, 1.54) is 14.2 Å². The number of halogens is 1. The largest absolute Gasteiger partial charge is 0.496 e. The van der Waals surface area contributed by atoms with Crippen LogP contribution in [0.5, 0.6) is 5.75 Å². The quantitative estimate of drug-likeness (QED) is 0.263. The highest BCUT2D eigenvalue weighted by Crippen LogP contribution is 2.21. The summed E-state index contributed by atoms with van der Waals surface area (Å²) in [5, 5.41) is 6.49. The number of esters is 1. The zero-order chi connectivity index (χ0) is 19.7. The molecule has 1 rings (SSSR count). The molecular formula is C19H32IN3O4. The van der Waals surface area contributed by atoms with Crippen molar-refractivity contribution in [2.45, 2.75) is 33.4 Å². The number of hydrogen-bond acceptors (Lipinski definition) is 5. The maximum absolute atomic E-state index is 11.9. The SMILES string of the molecule is CN=C(NCc1ccc(OC)c(C(=O)OC)c1)NCC(OC)C(C)(C)C.I. The fourth-order valence-corrected chi connectivity index (χ4v) is 2.47. The van der Waals surface area contributed by atoms with E-state index in [1.807, 2.05) is 6.07 Å². The van der Waals surface area contributed by atoms with Crippen LogP contribution in [0.3, 0.4) is 0 Å². The Bertz CT molecular complexity index is 630. The molecule has 7 nitrogen and oxygen atoms in total. The van der Waals surface area contributed by atoms with Crippen LogP contribution in [-0.4, -0.2) is 53.0 Å². The van der Waals surface area contributed by atoms with Gasteiger partial charge in [0, 0.05) is 27.2 Å². The van der Waals surface area contributed by atoms with Gasteiger partial charge in [-0.1, -0.05) is 26.8 Å². The highest BCUT2D eigenvalue weighted by molar-refractivity contribution is 14.0. The molecule has 0 fully saturated rings. The Morgan fingerprint density at radius 1 is 1.19 bits per heavy atom. The number of aliphatic imine (C=N–C) groups is 1. The topological polar surface area (TPSA) is 81.2 Å². The van der Waals surface area contributed by atoms with Crippen molar-refractivity contribution in [2.75, 3.05) is 34.9 Å². The zero-order valence-electron chi connectivity index (χ0n) is 17.2. The van der Waals surface area contributed by atoms with Crippen molar-refractivity contribution in [2.24, 2.45) is 10.4 Å². The average Bonchev–Trinajstić information content (AvgIpc) is 2.62. The Balaban J connectivity index is 0.00000676. The molecule has 0 aromatic heterocycles. The number of carbonyl (C=O) groups excluding carboxylic acids is 1. The van der Waals surface area contributed by atoms with Crippen LogP contribution in [0.2, 0.25) is 0 Å². The minimum absolute atomic E-state index is 0. The minimum Gasteiger partial charge on any atom is -0.496 e. The molecule has 0 aliphatic carbocycles. The van der Waals surface area contributed by atoms with Gasteiger partial charge in [-0.3, -0.25) is 4.99 Å². The molecule has 1 unspecified atom stereocenters. The maximum Gasteiger partial charge on any atom is 0.341 e. The van der Waals surface area contributed by atoms with Gasteiger partial charge in [0.1, 0.15) is 11.3 Å². The number of rotatable bonds is 7. The maximum atomic E-state index is 11.9. The fourth-order valence-electron chi connectivity index (χ4n) is 2.47. The van der Waals surface area contributed by atoms with Crippen molar-refractivity contribution < 1.29 is 19.0 Å². The number of guanidine groups is 1. The number of hydrogen-bond donors (Lipinski definition) is 2. The molecule has 0 saturated carbocycles. The van der Waals surface area contributed by atoms with Gasteiger partial charge in [-0.2, -0.15) is 0 Å². The van der Waals surface area contributed by atoms with Crippen molar-refractivity contribution in [3.8, 4) is 5.75 Å². The summed E-state index contributed by atoms with van der Waals surface area (Å²) in [7, 11) is 6.29. The van der Waals surface area contributed by atoms with Crippen LogP contribution < -0.4 is 15.4 Å². The Morgan fingerprint density at radius 2 is 1.85 bits per heavy atom. The van der Waals surface area contributed by atoms with E-state index >= 15 is 0 Å². The molecule has 1 aromatic carbocycles. The van der Waals surface area contributed by atoms with Gasteiger partial charge in [-0.05, 0) is 23.1 Å². The van der Waals surface area contributed by atoms with Crippen LogP contribution in [-0.2, 0) is 16.0 Å². The number of methoxy groups -OCH3 is 3. The fraction of sp³-hybridized carbons (Fsp3) is 0.579. The minimum atomic E-state index is -0.431. The van der Waals surface area contributed by atoms with Crippen LogP contribution in [0.4, 0.5) is 0 Å². The predicted octanol–water partition coefficient (Wildman–Crippen LogP) is 2.83. The second-order valence-corrected chi connectivity index (χ2v) is 6.92. The zero-order valence-corrected chi connectivity index (χ0v) is 19.5. The molecule has 1 aromatic rings. The monoisotopic (exact) mass is 493 g/mol. The van der Waals surface area contributed by atoms with Crippen LogP contribution in [0, 0.1) is 5.41 Å². The van der Waals surface area contributed by atoms with Crippen LogP contribution in [0.25, 0.3) is 0 Å². The normalized spacial score (nSPS) is 12.6. The van der Waals surface area contributed by atoms with Crippen LogP contribution in [0.1, 0.15) is 36.7 Å². The molecule has 8 heteroatoms. The first kappa shape index (κ1) is 25.4. The summed E-state index contributed by atoms with van der Waals surface area (Å²) in [5.41, 5.74) is 1.32. The summed E-state index contributed by atoms with van der Waals surface area (Å²) in [6.07, 6.45) is 0.0490. The molecule has 27 heavy (non-hydrogen) atoms. The summed E-state index contributed by atoms with van der Waals surface area (Å²) < 4.78 is 15.6. The third kappa shape index (κ3) is 7.92. The van der Waals surface area contributed by atoms with E-state index in [9.17, 15) is 4.79 Å². The molecule has 0 spiro atoms. The summed E-state index contributed by atoms with van der Waals surface area (Å²) in [6.45, 7) is 7.52. The van der Waals surface area contributed by atoms with Crippen molar-refractivity contribution in [1.82, 2.24) is 10.6 Å². The molecule has 0 bridgehead atoms. The van der Waals surface area contributed by atoms with E-state index in [0.29, 0.717) is 30.4 Å². The van der Waals surface area contributed by atoms with Gasteiger partial charge in [-0.25, -0.2) is 4.79 Å². The molecule has 0 aliphatic heterocycles. The second kappa shape index (κ2) is 12.0. The van der Waals surface area contributed by atoms with Gasteiger partial charge in [0.15, 0.2) is 5.96 Å². The number of carbonyl (C=O) groups is 1. The van der Waals surface area contributed by atoms with E-state index in [-0.39, 0.29) is 35.5 Å². The Labute approximate surface area is 179 Å². The highest BCUT2D eigenvalue weighted by atomic mass is 127. The lowest BCUT2D eigenvalue weighted by Crippen LogP contribution is -2.45. The standard InChI is InChI=1S/C19H31N3O4.HI/c1-19(2,3)16(25-6)12-22-18(20-4)21-11-13-8-9-15(24-5)14(10-13)17(23)26-7;/h8-10,16H,11-12H2,1-7H3,(H2,20,21,22);1H. The smallest absolute Gasteiger partial charge is 0.341 e.